The molecule has 37 heavy (non-hydrogen) atoms. The topological polar surface area (TPSA) is 145 Å². The maximum Gasteiger partial charge on any atom is 0.348 e. The second-order valence-electron chi connectivity index (χ2n) is 8.56. The van der Waals surface area contributed by atoms with Crippen molar-refractivity contribution in [3.63, 3.8) is 0 Å². The first-order valence-electron chi connectivity index (χ1n) is 11.6. The number of urea groups is 1. The van der Waals surface area contributed by atoms with Gasteiger partial charge < -0.3 is 16.0 Å². The number of amides is 4. The molecule has 5 rings (SSSR count). The number of rotatable bonds is 7. The van der Waals surface area contributed by atoms with Crippen LogP contribution >= 0.6 is 0 Å². The average Bonchev–Trinajstić information content (AvgIpc) is 3.46. The van der Waals surface area contributed by atoms with E-state index in [4.69, 9.17) is 5.73 Å². The van der Waals surface area contributed by atoms with E-state index >= 15 is 0 Å². The molecule has 10 heteroatoms. The number of hydrogen-bond acceptors (Lipinski definition) is 5. The van der Waals surface area contributed by atoms with Crippen molar-refractivity contribution in [2.75, 3.05) is 23.3 Å². The predicted molar refractivity (Wildman–Crippen MR) is 140 cm³/mol. The van der Waals surface area contributed by atoms with Crippen LogP contribution in [0.4, 0.5) is 16.2 Å². The second-order valence-corrected chi connectivity index (χ2v) is 8.56. The first kappa shape index (κ1) is 23.8. The summed E-state index contributed by atoms with van der Waals surface area (Å²) in [5, 5.41) is 13.8. The van der Waals surface area contributed by atoms with E-state index in [9.17, 15) is 19.6 Å². The van der Waals surface area contributed by atoms with Gasteiger partial charge >= 0.3 is 6.03 Å². The third-order valence-electron chi connectivity index (χ3n) is 6.13. The fourth-order valence-corrected chi connectivity index (χ4v) is 4.31. The zero-order valence-corrected chi connectivity index (χ0v) is 19.7. The van der Waals surface area contributed by atoms with Crippen LogP contribution in [0.2, 0.25) is 0 Å². The van der Waals surface area contributed by atoms with Crippen molar-refractivity contribution in [1.29, 1.82) is 0 Å². The average molecular weight is 497 g/mol. The van der Waals surface area contributed by atoms with E-state index in [1.54, 1.807) is 60.9 Å². The van der Waals surface area contributed by atoms with Gasteiger partial charge in [0, 0.05) is 41.1 Å². The first-order chi connectivity index (χ1) is 17.9. The van der Waals surface area contributed by atoms with E-state index in [1.165, 1.54) is 4.90 Å². The lowest BCUT2D eigenvalue weighted by Crippen LogP contribution is -2.29. The van der Waals surface area contributed by atoms with Crippen molar-refractivity contribution < 1.29 is 19.6 Å². The van der Waals surface area contributed by atoms with E-state index in [1.807, 2.05) is 18.2 Å². The zero-order chi connectivity index (χ0) is 25.9. The standard InChI is InChI=1S/C27H24N6O4/c28-25(35)21(18-4-2-1-3-5-18)15-19-16-30-26-24(19)22(10-11-29-26)31-23(34)14-17-6-8-20(9-7-17)32-12-13-33(37)27(32)36/h1-11,15-16,37H,12-14H2,(H2,28,35)(H2,29,30,31,34). The number of primary amides is 1. The number of carbonyl (C=O) groups is 3. The lowest BCUT2D eigenvalue weighted by Gasteiger charge is -2.15. The van der Waals surface area contributed by atoms with Crippen LogP contribution in [0.15, 0.2) is 73.1 Å². The molecule has 0 radical (unpaired) electrons. The summed E-state index contributed by atoms with van der Waals surface area (Å²) in [6, 6.07) is 17.4. The van der Waals surface area contributed by atoms with Crippen LogP contribution in [0.1, 0.15) is 16.7 Å². The Morgan fingerprint density at radius 1 is 1.08 bits per heavy atom. The number of hydrogen-bond donors (Lipinski definition) is 4. The summed E-state index contributed by atoms with van der Waals surface area (Å²) in [5.41, 5.74) is 9.84. The highest BCUT2D eigenvalue weighted by atomic mass is 16.5. The van der Waals surface area contributed by atoms with E-state index < -0.39 is 11.9 Å². The molecule has 186 valence electrons. The highest BCUT2D eigenvalue weighted by Crippen LogP contribution is 2.29. The molecule has 1 aliphatic rings. The molecule has 0 atom stereocenters. The molecule has 0 spiro atoms. The number of carbonyl (C=O) groups excluding carboxylic acids is 3. The largest absolute Gasteiger partial charge is 0.366 e. The van der Waals surface area contributed by atoms with Gasteiger partial charge in [0.1, 0.15) is 5.65 Å². The molecule has 1 saturated heterocycles. The van der Waals surface area contributed by atoms with Gasteiger partial charge in [-0.1, -0.05) is 42.5 Å². The molecule has 0 saturated carbocycles. The number of aromatic nitrogens is 2. The van der Waals surface area contributed by atoms with Gasteiger partial charge in [-0.3, -0.25) is 19.7 Å². The van der Waals surface area contributed by atoms with Crippen molar-refractivity contribution >= 4 is 51.9 Å². The minimum absolute atomic E-state index is 0.107. The van der Waals surface area contributed by atoms with Crippen molar-refractivity contribution in [2.45, 2.75) is 6.42 Å². The Balaban J connectivity index is 1.37. The van der Waals surface area contributed by atoms with Gasteiger partial charge in [0.05, 0.1) is 18.7 Å². The van der Waals surface area contributed by atoms with Crippen LogP contribution in [-0.4, -0.2) is 51.2 Å². The number of H-pyrrole nitrogens is 1. The fraction of sp³-hybridized carbons (Fsp3) is 0.111. The fourth-order valence-electron chi connectivity index (χ4n) is 4.31. The van der Waals surface area contributed by atoms with Gasteiger partial charge in [-0.25, -0.2) is 14.8 Å². The summed E-state index contributed by atoms with van der Waals surface area (Å²) < 4.78 is 0. The van der Waals surface area contributed by atoms with Crippen molar-refractivity contribution in [2.24, 2.45) is 5.73 Å². The Hall–Kier alpha value is -4.96. The molecule has 1 fully saturated rings. The molecule has 3 heterocycles. The number of anilines is 2. The number of hydroxylamine groups is 2. The van der Waals surface area contributed by atoms with Crippen LogP contribution in [0.5, 0.6) is 0 Å². The summed E-state index contributed by atoms with van der Waals surface area (Å²) in [6.07, 6.45) is 5.08. The maximum atomic E-state index is 12.9. The Kier molecular flexibility index (Phi) is 6.40. The van der Waals surface area contributed by atoms with Crippen molar-refractivity contribution in [3.8, 4) is 0 Å². The number of nitrogens with zero attached hydrogens (tertiary/aromatic N) is 3. The summed E-state index contributed by atoms with van der Waals surface area (Å²) >= 11 is 0. The van der Waals surface area contributed by atoms with Gasteiger partial charge in [-0.05, 0) is 35.4 Å². The SMILES string of the molecule is NC(=O)C(=Cc1c[nH]c2nccc(NC(=O)Cc3ccc(N4CCN(O)C4=O)cc3)c12)c1ccccc1. The van der Waals surface area contributed by atoms with Gasteiger partial charge in [0.15, 0.2) is 0 Å². The molecule has 2 aromatic carbocycles. The second kappa shape index (κ2) is 9.96. The van der Waals surface area contributed by atoms with Gasteiger partial charge in [-0.15, -0.1) is 0 Å². The quantitative estimate of drug-likeness (QED) is 0.229. The molecule has 0 bridgehead atoms. The number of nitrogens with one attached hydrogen (secondary N) is 2. The Bertz CT molecular complexity index is 1510. The highest BCUT2D eigenvalue weighted by molar-refractivity contribution is 6.24. The van der Waals surface area contributed by atoms with Crippen LogP contribution in [0.25, 0.3) is 22.7 Å². The molecular weight excluding hydrogens is 472 g/mol. The van der Waals surface area contributed by atoms with Crippen LogP contribution in [0, 0.1) is 0 Å². The minimum Gasteiger partial charge on any atom is -0.366 e. The predicted octanol–water partition coefficient (Wildman–Crippen LogP) is 3.40. The van der Waals surface area contributed by atoms with Crippen molar-refractivity contribution in [3.05, 3.63) is 89.7 Å². The summed E-state index contributed by atoms with van der Waals surface area (Å²) in [4.78, 5) is 45.9. The first-order valence-corrected chi connectivity index (χ1v) is 11.6. The third-order valence-corrected chi connectivity index (χ3v) is 6.13. The Morgan fingerprint density at radius 3 is 2.51 bits per heavy atom. The number of aromatic amines is 1. The number of nitrogens with two attached hydrogens (primary N) is 1. The van der Waals surface area contributed by atoms with Crippen LogP contribution in [0.3, 0.4) is 0 Å². The lowest BCUT2D eigenvalue weighted by atomic mass is 10.0. The third kappa shape index (κ3) is 4.91. The van der Waals surface area contributed by atoms with E-state index in [0.29, 0.717) is 50.7 Å². The Labute approximate surface area is 212 Å². The normalized spacial score (nSPS) is 13.9. The smallest absolute Gasteiger partial charge is 0.348 e. The zero-order valence-electron chi connectivity index (χ0n) is 19.7. The van der Waals surface area contributed by atoms with Crippen LogP contribution in [-0.2, 0) is 16.0 Å². The molecule has 4 amide bonds. The molecule has 10 nitrogen and oxygen atoms in total. The number of fused-ring (bicyclic) bond motifs is 1. The Morgan fingerprint density at radius 2 is 1.84 bits per heavy atom. The van der Waals surface area contributed by atoms with Crippen LogP contribution < -0.4 is 16.0 Å². The van der Waals surface area contributed by atoms with E-state index in [-0.39, 0.29) is 18.9 Å². The maximum absolute atomic E-state index is 12.9. The van der Waals surface area contributed by atoms with E-state index in [0.717, 1.165) is 5.56 Å². The highest BCUT2D eigenvalue weighted by Gasteiger charge is 2.28. The van der Waals surface area contributed by atoms with E-state index in [2.05, 4.69) is 15.3 Å². The summed E-state index contributed by atoms with van der Waals surface area (Å²) in [7, 11) is 0. The summed E-state index contributed by atoms with van der Waals surface area (Å²) in [6.45, 7) is 0.633. The number of benzene rings is 2. The van der Waals surface area contributed by atoms with Crippen molar-refractivity contribution in [1.82, 2.24) is 15.0 Å². The van der Waals surface area contributed by atoms with Gasteiger partial charge in [0.25, 0.3) is 0 Å². The number of pyridine rings is 1. The molecule has 1 aliphatic heterocycles. The molecule has 5 N–H and O–H groups in total. The monoisotopic (exact) mass is 496 g/mol. The molecule has 0 aliphatic carbocycles. The molecule has 2 aromatic heterocycles. The summed E-state index contributed by atoms with van der Waals surface area (Å²) in [5.74, 6) is -0.811. The van der Waals surface area contributed by atoms with Gasteiger partial charge in [-0.2, -0.15) is 0 Å². The molecular formula is C27H24N6O4. The molecule has 4 aromatic rings. The minimum atomic E-state index is -0.569. The molecule has 0 unspecified atom stereocenters. The van der Waals surface area contributed by atoms with Gasteiger partial charge in [0.2, 0.25) is 11.8 Å². The lowest BCUT2D eigenvalue weighted by molar-refractivity contribution is -0.115.